The fourth-order valence-electron chi connectivity index (χ4n) is 1.38. The zero-order valence-electron chi connectivity index (χ0n) is 10.1. The molecule has 0 radical (unpaired) electrons. The number of thioether (sulfide) groups is 1. The number of benzene rings is 1. The van der Waals surface area contributed by atoms with Gasteiger partial charge in [0.25, 0.3) is 0 Å². The molecule has 0 aliphatic rings. The predicted molar refractivity (Wildman–Crippen MR) is 68.3 cm³/mol. The first-order valence-electron chi connectivity index (χ1n) is 5.77. The summed E-state index contributed by atoms with van der Waals surface area (Å²) >= 11 is 0.946. The maximum Gasteiger partial charge on any atom is 0.306 e. The molecular formula is C13H14F4OS. The Hall–Kier alpha value is -1.04. The molecule has 0 aliphatic carbocycles. The normalized spacial score (nSPS) is 13.3. The Bertz CT molecular complexity index is 397. The van der Waals surface area contributed by atoms with Gasteiger partial charge in [0.1, 0.15) is 0 Å². The van der Waals surface area contributed by atoms with Crippen LogP contribution in [0.2, 0.25) is 0 Å². The van der Waals surface area contributed by atoms with Crippen molar-refractivity contribution in [3.05, 3.63) is 35.9 Å². The summed E-state index contributed by atoms with van der Waals surface area (Å²) in [7, 11) is 0. The van der Waals surface area contributed by atoms with E-state index in [0.717, 1.165) is 11.8 Å². The van der Waals surface area contributed by atoms with Gasteiger partial charge in [0.2, 0.25) is 5.12 Å². The van der Waals surface area contributed by atoms with Crippen molar-refractivity contribution in [2.24, 2.45) is 0 Å². The summed E-state index contributed by atoms with van der Waals surface area (Å²) in [6.07, 6.45) is -2.85. The summed E-state index contributed by atoms with van der Waals surface area (Å²) in [5.41, 5.74) is 0.512. The van der Waals surface area contributed by atoms with Gasteiger partial charge >= 0.3 is 5.92 Å². The van der Waals surface area contributed by atoms with E-state index in [1.807, 2.05) is 0 Å². The molecule has 0 fully saturated rings. The number of alkyl halides is 4. The van der Waals surface area contributed by atoms with Gasteiger partial charge < -0.3 is 0 Å². The lowest BCUT2D eigenvalue weighted by molar-refractivity contribution is -0.0901. The SMILES string of the molecule is O=C(SCCCC(F)C(F)(F)CF)c1ccccc1. The van der Waals surface area contributed by atoms with E-state index in [1.165, 1.54) is 0 Å². The molecule has 1 atom stereocenters. The van der Waals surface area contributed by atoms with E-state index in [9.17, 15) is 22.4 Å². The molecule has 106 valence electrons. The standard InChI is InChI=1S/C13H14F4OS/c14-9-13(16,17)11(15)7-4-8-19-12(18)10-5-2-1-3-6-10/h1-3,5-6,11H,4,7-9H2. The van der Waals surface area contributed by atoms with Gasteiger partial charge in [-0.05, 0) is 12.8 Å². The van der Waals surface area contributed by atoms with E-state index in [4.69, 9.17) is 0 Å². The highest BCUT2D eigenvalue weighted by molar-refractivity contribution is 8.14. The van der Waals surface area contributed by atoms with Gasteiger partial charge in [-0.2, -0.15) is 0 Å². The molecule has 0 aliphatic heterocycles. The number of rotatable bonds is 7. The third-order valence-corrected chi connectivity index (χ3v) is 3.47. The van der Waals surface area contributed by atoms with Crippen molar-refractivity contribution in [3.63, 3.8) is 0 Å². The topological polar surface area (TPSA) is 17.1 Å². The fraction of sp³-hybridized carbons (Fsp3) is 0.462. The highest BCUT2D eigenvalue weighted by atomic mass is 32.2. The fourth-order valence-corrected chi connectivity index (χ4v) is 2.18. The molecule has 0 amide bonds. The van der Waals surface area contributed by atoms with Crippen LogP contribution in [-0.2, 0) is 0 Å². The molecule has 0 saturated heterocycles. The quantitative estimate of drug-likeness (QED) is 0.551. The Kier molecular flexibility index (Phi) is 6.34. The van der Waals surface area contributed by atoms with Crippen molar-refractivity contribution in [1.29, 1.82) is 0 Å². The Labute approximate surface area is 113 Å². The number of hydrogen-bond acceptors (Lipinski definition) is 2. The van der Waals surface area contributed by atoms with E-state index in [2.05, 4.69) is 0 Å². The average molecular weight is 294 g/mol. The molecule has 0 spiro atoms. The zero-order valence-corrected chi connectivity index (χ0v) is 10.9. The van der Waals surface area contributed by atoms with Crippen molar-refractivity contribution < 1.29 is 22.4 Å². The van der Waals surface area contributed by atoms with Gasteiger partial charge in [-0.25, -0.2) is 17.6 Å². The predicted octanol–water partition coefficient (Wildman–Crippen LogP) is 4.28. The molecule has 0 aromatic heterocycles. The van der Waals surface area contributed by atoms with Crippen molar-refractivity contribution in [2.75, 3.05) is 12.4 Å². The second kappa shape index (κ2) is 7.53. The maximum absolute atomic E-state index is 12.9. The van der Waals surface area contributed by atoms with Crippen LogP contribution in [0.4, 0.5) is 17.6 Å². The number of hydrogen-bond donors (Lipinski definition) is 0. The van der Waals surface area contributed by atoms with Crippen LogP contribution in [0.5, 0.6) is 0 Å². The summed E-state index contributed by atoms with van der Waals surface area (Å²) in [6, 6.07) is 8.49. The number of carbonyl (C=O) groups excluding carboxylic acids is 1. The molecule has 19 heavy (non-hydrogen) atoms. The summed E-state index contributed by atoms with van der Waals surface area (Å²) in [5, 5.41) is -0.187. The molecule has 1 rings (SSSR count). The lowest BCUT2D eigenvalue weighted by atomic mass is 10.1. The molecule has 1 nitrogen and oxygen atoms in total. The second-order valence-corrected chi connectivity index (χ2v) is 5.07. The number of carbonyl (C=O) groups is 1. The largest absolute Gasteiger partial charge is 0.306 e. The third kappa shape index (κ3) is 5.22. The molecule has 0 N–H and O–H groups in total. The van der Waals surface area contributed by atoms with Gasteiger partial charge in [0.15, 0.2) is 12.8 Å². The maximum atomic E-state index is 12.9. The van der Waals surface area contributed by atoms with Crippen LogP contribution < -0.4 is 0 Å². The lowest BCUT2D eigenvalue weighted by Crippen LogP contribution is -2.32. The van der Waals surface area contributed by atoms with Gasteiger partial charge in [-0.1, -0.05) is 42.1 Å². The Morgan fingerprint density at radius 2 is 1.89 bits per heavy atom. The third-order valence-electron chi connectivity index (χ3n) is 2.48. The lowest BCUT2D eigenvalue weighted by Gasteiger charge is -2.16. The van der Waals surface area contributed by atoms with Crippen LogP contribution in [0.3, 0.4) is 0 Å². The van der Waals surface area contributed by atoms with Crippen LogP contribution in [0.15, 0.2) is 30.3 Å². The average Bonchev–Trinajstić information content (AvgIpc) is 2.43. The molecule has 0 saturated carbocycles. The van der Waals surface area contributed by atoms with Crippen molar-refractivity contribution in [3.8, 4) is 0 Å². The van der Waals surface area contributed by atoms with E-state index >= 15 is 0 Å². The highest BCUT2D eigenvalue weighted by Crippen LogP contribution is 2.26. The minimum absolute atomic E-state index is 0.0972. The summed E-state index contributed by atoms with van der Waals surface area (Å²) in [4.78, 5) is 11.6. The molecule has 1 aromatic rings. The Balaban J connectivity index is 2.27. The Morgan fingerprint density at radius 3 is 2.47 bits per heavy atom. The van der Waals surface area contributed by atoms with Crippen LogP contribution in [0.25, 0.3) is 0 Å². The highest BCUT2D eigenvalue weighted by Gasteiger charge is 2.39. The minimum Gasteiger partial charge on any atom is -0.282 e. The van der Waals surface area contributed by atoms with Crippen molar-refractivity contribution in [2.45, 2.75) is 24.9 Å². The van der Waals surface area contributed by atoms with Gasteiger partial charge in [-0.3, -0.25) is 4.79 Å². The second-order valence-electron chi connectivity index (χ2n) is 4.01. The minimum atomic E-state index is -3.92. The molecule has 1 unspecified atom stereocenters. The monoisotopic (exact) mass is 294 g/mol. The van der Waals surface area contributed by atoms with Crippen molar-refractivity contribution in [1.82, 2.24) is 0 Å². The van der Waals surface area contributed by atoms with Crippen molar-refractivity contribution >= 4 is 16.9 Å². The molecule has 1 aromatic carbocycles. The van der Waals surface area contributed by atoms with Gasteiger partial charge in [-0.15, -0.1) is 0 Å². The molecule has 0 heterocycles. The van der Waals surface area contributed by atoms with E-state index in [0.29, 0.717) is 5.56 Å². The van der Waals surface area contributed by atoms with E-state index < -0.39 is 25.2 Å². The van der Waals surface area contributed by atoms with Gasteiger partial charge in [0, 0.05) is 11.3 Å². The van der Waals surface area contributed by atoms with Gasteiger partial charge in [0.05, 0.1) is 0 Å². The van der Waals surface area contributed by atoms with Crippen LogP contribution in [0.1, 0.15) is 23.2 Å². The van der Waals surface area contributed by atoms with Crippen LogP contribution >= 0.6 is 11.8 Å². The first-order chi connectivity index (χ1) is 8.97. The molecule has 0 bridgehead atoms. The van der Waals surface area contributed by atoms with E-state index in [1.54, 1.807) is 30.3 Å². The summed E-state index contributed by atoms with van der Waals surface area (Å²) in [6.45, 7) is -2.00. The van der Waals surface area contributed by atoms with Crippen LogP contribution in [0, 0.1) is 0 Å². The first kappa shape index (κ1) is 16.0. The molecule has 6 heteroatoms. The smallest absolute Gasteiger partial charge is 0.282 e. The van der Waals surface area contributed by atoms with Crippen LogP contribution in [-0.4, -0.2) is 29.6 Å². The first-order valence-corrected chi connectivity index (χ1v) is 6.76. The zero-order chi connectivity index (χ0) is 14.3. The summed E-state index contributed by atoms with van der Waals surface area (Å²) in [5.74, 6) is -3.69. The molecular weight excluding hydrogens is 280 g/mol. The number of halogens is 4. The Morgan fingerprint density at radius 1 is 1.26 bits per heavy atom. The summed E-state index contributed by atoms with van der Waals surface area (Å²) < 4.78 is 49.9. The van der Waals surface area contributed by atoms with E-state index in [-0.39, 0.29) is 17.3 Å².